The van der Waals surface area contributed by atoms with Gasteiger partial charge in [0.1, 0.15) is 12.2 Å². The van der Waals surface area contributed by atoms with E-state index in [1.807, 2.05) is 6.92 Å². The molecule has 0 aromatic heterocycles. The minimum Gasteiger partial charge on any atom is -0.459 e. The van der Waals surface area contributed by atoms with Crippen molar-refractivity contribution in [2.24, 2.45) is 11.8 Å². The molecule has 6 nitrogen and oxygen atoms in total. The fraction of sp³-hybridized carbons (Fsp3) is 0.550. The highest BCUT2D eigenvalue weighted by molar-refractivity contribution is 6.47. The number of allylic oxidation sites excluding steroid dienone is 1. The van der Waals surface area contributed by atoms with E-state index in [0.717, 1.165) is 5.57 Å². The first kappa shape index (κ1) is 18.4. The third-order valence-electron chi connectivity index (χ3n) is 6.33. The van der Waals surface area contributed by atoms with Crippen LogP contribution in [0, 0.1) is 11.8 Å². The zero-order valence-electron chi connectivity index (χ0n) is 15.6. The van der Waals surface area contributed by atoms with Crippen molar-refractivity contribution in [2.75, 3.05) is 0 Å². The molecule has 0 spiro atoms. The molecule has 0 aromatic carbocycles. The lowest BCUT2D eigenvalue weighted by atomic mass is 9.82. The molecule has 0 bridgehead atoms. The third-order valence-corrected chi connectivity index (χ3v) is 6.80. The Balaban J connectivity index is 1.74. The van der Waals surface area contributed by atoms with Crippen molar-refractivity contribution in [3.63, 3.8) is 0 Å². The van der Waals surface area contributed by atoms with Crippen LogP contribution in [-0.2, 0) is 28.6 Å². The van der Waals surface area contributed by atoms with E-state index in [1.54, 1.807) is 20.8 Å². The molecule has 2 aliphatic carbocycles. The molecule has 2 saturated heterocycles. The van der Waals surface area contributed by atoms with Gasteiger partial charge in [0.15, 0.2) is 5.60 Å². The van der Waals surface area contributed by atoms with Crippen LogP contribution in [0.5, 0.6) is 0 Å². The zero-order chi connectivity index (χ0) is 19.8. The number of ketones is 1. The number of hydrogen-bond donors (Lipinski definition) is 0. The molecule has 0 saturated carbocycles. The lowest BCUT2D eigenvalue weighted by Crippen LogP contribution is -2.38. The highest BCUT2D eigenvalue weighted by atomic mass is 35.5. The van der Waals surface area contributed by atoms with Gasteiger partial charge >= 0.3 is 11.9 Å². The normalized spacial score (nSPS) is 40.6. The molecule has 0 aromatic rings. The molecule has 6 atom stereocenters. The summed E-state index contributed by atoms with van der Waals surface area (Å²) in [5.74, 6) is -2.24. The van der Waals surface area contributed by atoms with Gasteiger partial charge in [0.25, 0.3) is 0 Å². The van der Waals surface area contributed by atoms with Crippen LogP contribution in [0.15, 0.2) is 33.9 Å². The minimum atomic E-state index is -0.974. The van der Waals surface area contributed by atoms with Crippen LogP contribution in [0.3, 0.4) is 0 Å². The lowest BCUT2D eigenvalue weighted by Gasteiger charge is -2.28. The van der Waals surface area contributed by atoms with Crippen LogP contribution in [0.25, 0.3) is 0 Å². The van der Waals surface area contributed by atoms with E-state index < -0.39 is 41.6 Å². The number of fused-ring (bicyclic) bond motifs is 3. The van der Waals surface area contributed by atoms with Gasteiger partial charge in [-0.25, -0.2) is 9.59 Å². The van der Waals surface area contributed by atoms with Gasteiger partial charge in [-0.3, -0.25) is 4.79 Å². The number of hydrogen-bond acceptors (Lipinski definition) is 6. The molecule has 4 aliphatic rings. The van der Waals surface area contributed by atoms with Gasteiger partial charge in [0.2, 0.25) is 5.78 Å². The molecule has 0 unspecified atom stereocenters. The predicted molar refractivity (Wildman–Crippen MR) is 95.7 cm³/mol. The molecule has 0 radical (unpaired) electrons. The Kier molecular flexibility index (Phi) is 3.95. The van der Waals surface area contributed by atoms with E-state index in [-0.39, 0.29) is 22.5 Å². The molecular weight excluding hydrogens is 372 g/mol. The SMILES string of the molecule is C=C1C(=O)O[C@@H]2[C@H]3C(C)=C(Cl)C(=O)C3=C(C)C[C@@H](OC(=O)[C@]3(C)O[C@@H]3C)[C@@H]12. The van der Waals surface area contributed by atoms with Crippen LogP contribution in [0.4, 0.5) is 0 Å². The number of ether oxygens (including phenoxy) is 3. The van der Waals surface area contributed by atoms with Crippen molar-refractivity contribution < 1.29 is 28.6 Å². The third kappa shape index (κ3) is 2.46. The second-order valence-electron chi connectivity index (χ2n) is 7.93. The molecule has 4 rings (SSSR count). The molecule has 27 heavy (non-hydrogen) atoms. The van der Waals surface area contributed by atoms with Crippen LogP contribution < -0.4 is 0 Å². The number of halogens is 1. The van der Waals surface area contributed by atoms with Crippen LogP contribution in [0.1, 0.15) is 34.1 Å². The van der Waals surface area contributed by atoms with E-state index in [4.69, 9.17) is 25.8 Å². The van der Waals surface area contributed by atoms with E-state index in [2.05, 4.69) is 6.58 Å². The first-order valence-electron chi connectivity index (χ1n) is 8.97. The average Bonchev–Trinajstić information content (AvgIpc) is 3.07. The summed E-state index contributed by atoms with van der Waals surface area (Å²) in [6.45, 7) is 10.9. The standard InChI is InChI=1S/C20H21ClO6/c1-7-6-11(25-19(24)20(5)10(4)27-20)13-9(3)18(23)26-17(13)14-8(2)15(21)16(22)12(7)14/h10-11,13-14,17H,3,6H2,1-2,4-5H3/t10-,11-,13-,14+,17+,20-/m1/s1. The Morgan fingerprint density at radius 1 is 1.33 bits per heavy atom. The van der Waals surface area contributed by atoms with Gasteiger partial charge in [-0.05, 0) is 33.3 Å². The van der Waals surface area contributed by atoms with Gasteiger partial charge < -0.3 is 14.2 Å². The monoisotopic (exact) mass is 392 g/mol. The Hall–Kier alpha value is -1.92. The number of esters is 2. The number of carbonyl (C=O) groups is 3. The highest BCUT2D eigenvalue weighted by Crippen LogP contribution is 2.51. The first-order chi connectivity index (χ1) is 12.6. The topological polar surface area (TPSA) is 82.2 Å². The summed E-state index contributed by atoms with van der Waals surface area (Å²) < 4.78 is 16.7. The summed E-state index contributed by atoms with van der Waals surface area (Å²) in [6.07, 6.45) is -1.24. The van der Waals surface area contributed by atoms with E-state index in [1.165, 1.54) is 0 Å². The van der Waals surface area contributed by atoms with Crippen LogP contribution in [0.2, 0.25) is 0 Å². The molecule has 144 valence electrons. The van der Waals surface area contributed by atoms with Crippen molar-refractivity contribution in [1.82, 2.24) is 0 Å². The maximum atomic E-state index is 12.7. The number of carbonyl (C=O) groups excluding carboxylic acids is 3. The van der Waals surface area contributed by atoms with Crippen molar-refractivity contribution in [3.8, 4) is 0 Å². The number of epoxide rings is 1. The molecule has 7 heteroatoms. The Morgan fingerprint density at radius 3 is 2.56 bits per heavy atom. The Morgan fingerprint density at radius 2 is 1.96 bits per heavy atom. The summed E-state index contributed by atoms with van der Waals surface area (Å²) >= 11 is 6.21. The van der Waals surface area contributed by atoms with Gasteiger partial charge in [0, 0.05) is 23.5 Å². The van der Waals surface area contributed by atoms with E-state index in [0.29, 0.717) is 17.6 Å². The molecule has 2 aliphatic heterocycles. The Labute approximate surface area is 162 Å². The van der Waals surface area contributed by atoms with Crippen molar-refractivity contribution in [2.45, 2.75) is 58.0 Å². The summed E-state index contributed by atoms with van der Waals surface area (Å²) in [7, 11) is 0. The Bertz CT molecular complexity index is 868. The van der Waals surface area contributed by atoms with Crippen LogP contribution >= 0.6 is 11.6 Å². The fourth-order valence-corrected chi connectivity index (χ4v) is 4.65. The second-order valence-corrected chi connectivity index (χ2v) is 8.31. The highest BCUT2D eigenvalue weighted by Gasteiger charge is 2.60. The van der Waals surface area contributed by atoms with E-state index in [9.17, 15) is 14.4 Å². The predicted octanol–water partition coefficient (Wildman–Crippen LogP) is 2.61. The van der Waals surface area contributed by atoms with Gasteiger partial charge in [-0.15, -0.1) is 0 Å². The van der Waals surface area contributed by atoms with Gasteiger partial charge in [-0.1, -0.05) is 23.8 Å². The maximum Gasteiger partial charge on any atom is 0.341 e. The lowest BCUT2D eigenvalue weighted by molar-refractivity contribution is -0.158. The average molecular weight is 393 g/mol. The van der Waals surface area contributed by atoms with Crippen molar-refractivity contribution in [3.05, 3.63) is 33.9 Å². The smallest absolute Gasteiger partial charge is 0.341 e. The zero-order valence-corrected chi connectivity index (χ0v) is 16.4. The summed E-state index contributed by atoms with van der Waals surface area (Å²) in [6, 6.07) is 0. The molecule has 2 fully saturated rings. The fourth-order valence-electron chi connectivity index (χ4n) is 4.44. The van der Waals surface area contributed by atoms with Crippen molar-refractivity contribution in [1.29, 1.82) is 0 Å². The van der Waals surface area contributed by atoms with Gasteiger partial charge in [-0.2, -0.15) is 0 Å². The number of Topliss-reactive ketones (excluding diaryl/α,β-unsaturated/α-hetero) is 1. The molecular formula is C20H21ClO6. The molecule has 0 N–H and O–H groups in total. The quantitative estimate of drug-likeness (QED) is 0.408. The number of rotatable bonds is 2. The largest absolute Gasteiger partial charge is 0.459 e. The summed E-state index contributed by atoms with van der Waals surface area (Å²) in [5.41, 5.74) is 1.27. The van der Waals surface area contributed by atoms with Crippen LogP contribution in [-0.4, -0.2) is 41.6 Å². The maximum absolute atomic E-state index is 12.7. The summed E-state index contributed by atoms with van der Waals surface area (Å²) in [4.78, 5) is 37.5. The summed E-state index contributed by atoms with van der Waals surface area (Å²) in [5, 5.41) is 0.171. The minimum absolute atomic E-state index is 0.171. The first-order valence-corrected chi connectivity index (χ1v) is 9.35. The van der Waals surface area contributed by atoms with Crippen molar-refractivity contribution >= 4 is 29.3 Å². The van der Waals surface area contributed by atoms with Gasteiger partial charge in [0.05, 0.1) is 17.1 Å². The van der Waals surface area contributed by atoms with E-state index >= 15 is 0 Å². The molecule has 0 amide bonds. The second kappa shape index (κ2) is 5.79. The molecule has 2 heterocycles.